The van der Waals surface area contributed by atoms with Crippen molar-refractivity contribution in [1.82, 2.24) is 0 Å². The Morgan fingerprint density at radius 2 is 1.94 bits per heavy atom. The van der Waals surface area contributed by atoms with E-state index in [2.05, 4.69) is 65.3 Å². The smallest absolute Gasteiger partial charge is 0.0219 e. The van der Waals surface area contributed by atoms with Gasteiger partial charge in [-0.05, 0) is 49.2 Å². The van der Waals surface area contributed by atoms with E-state index >= 15 is 0 Å². The van der Waals surface area contributed by atoms with Gasteiger partial charge in [0, 0.05) is 14.3 Å². The summed E-state index contributed by atoms with van der Waals surface area (Å²) in [5.74, 6) is 0. The second kappa shape index (κ2) is 6.41. The lowest BCUT2D eigenvalue weighted by Gasteiger charge is -2.08. The van der Waals surface area contributed by atoms with Crippen LogP contribution in [0, 0.1) is 6.92 Å². The minimum atomic E-state index is 0.683. The molecule has 0 saturated carbocycles. The molecule has 0 aliphatic carbocycles. The van der Waals surface area contributed by atoms with Crippen LogP contribution in [0.15, 0.2) is 56.7 Å². The molecule has 2 aromatic rings. The maximum absolute atomic E-state index is 5.58. The van der Waals surface area contributed by atoms with Gasteiger partial charge in [-0.15, -0.1) is 0 Å². The van der Waals surface area contributed by atoms with Crippen LogP contribution in [-0.4, -0.2) is 6.54 Å². The van der Waals surface area contributed by atoms with Gasteiger partial charge in [-0.3, -0.25) is 0 Å². The Hall–Kier alpha value is -0.770. The summed E-state index contributed by atoms with van der Waals surface area (Å²) in [5.41, 5.74) is 8.16. The minimum Gasteiger partial charge on any atom is -0.330 e. The number of rotatable bonds is 4. The van der Waals surface area contributed by atoms with Gasteiger partial charge in [0.05, 0.1) is 0 Å². The average Bonchev–Trinajstić information content (AvgIpc) is 2.36. The Kier molecular flexibility index (Phi) is 4.87. The van der Waals surface area contributed by atoms with Crippen LogP contribution in [0.4, 0.5) is 0 Å². The molecule has 3 heteroatoms. The Morgan fingerprint density at radius 1 is 1.17 bits per heavy atom. The maximum Gasteiger partial charge on any atom is 0.0219 e. The van der Waals surface area contributed by atoms with Crippen molar-refractivity contribution < 1.29 is 0 Å². The van der Waals surface area contributed by atoms with E-state index < -0.39 is 0 Å². The molecule has 0 radical (unpaired) electrons. The van der Waals surface area contributed by atoms with Crippen molar-refractivity contribution in [2.45, 2.75) is 23.1 Å². The highest BCUT2D eigenvalue weighted by molar-refractivity contribution is 9.10. The summed E-state index contributed by atoms with van der Waals surface area (Å²) < 4.78 is 1.14. The molecule has 1 nitrogen and oxygen atoms in total. The van der Waals surface area contributed by atoms with Crippen LogP contribution < -0.4 is 5.73 Å². The molecule has 0 bridgehead atoms. The van der Waals surface area contributed by atoms with Crippen molar-refractivity contribution >= 4 is 27.7 Å². The van der Waals surface area contributed by atoms with Gasteiger partial charge in [0.2, 0.25) is 0 Å². The molecule has 2 rings (SSSR count). The fourth-order valence-corrected chi connectivity index (χ4v) is 3.42. The lowest BCUT2D eigenvalue weighted by Crippen LogP contribution is -2.03. The van der Waals surface area contributed by atoms with E-state index in [1.54, 1.807) is 11.8 Å². The molecular weight excluding hydrogens is 306 g/mol. The van der Waals surface area contributed by atoms with Gasteiger partial charge in [0.1, 0.15) is 0 Å². The Morgan fingerprint density at radius 3 is 2.61 bits per heavy atom. The van der Waals surface area contributed by atoms with Crippen molar-refractivity contribution in [3.63, 3.8) is 0 Å². The van der Waals surface area contributed by atoms with Gasteiger partial charge in [-0.25, -0.2) is 0 Å². The number of hydrogen-bond donors (Lipinski definition) is 1. The summed E-state index contributed by atoms with van der Waals surface area (Å²) in [7, 11) is 0. The molecular formula is C15H16BrNS. The third kappa shape index (κ3) is 3.37. The number of aryl methyl sites for hydroxylation is 1. The molecule has 0 aromatic heterocycles. The van der Waals surface area contributed by atoms with Crippen LogP contribution in [0.1, 0.15) is 11.1 Å². The molecule has 0 aliphatic rings. The van der Waals surface area contributed by atoms with Gasteiger partial charge in [0.15, 0.2) is 0 Å². The second-order valence-electron chi connectivity index (χ2n) is 4.16. The first-order valence-electron chi connectivity index (χ1n) is 5.92. The summed E-state index contributed by atoms with van der Waals surface area (Å²) in [6, 6.07) is 14.9. The zero-order chi connectivity index (χ0) is 13.0. The number of hydrogen-bond acceptors (Lipinski definition) is 2. The number of halogens is 1. The number of benzene rings is 2. The van der Waals surface area contributed by atoms with E-state index in [1.165, 1.54) is 20.9 Å². The molecule has 0 saturated heterocycles. The molecule has 94 valence electrons. The molecule has 0 heterocycles. The van der Waals surface area contributed by atoms with E-state index in [0.29, 0.717) is 6.54 Å². The zero-order valence-electron chi connectivity index (χ0n) is 10.3. The largest absolute Gasteiger partial charge is 0.330 e. The first-order valence-corrected chi connectivity index (χ1v) is 7.53. The lowest BCUT2D eigenvalue weighted by atomic mass is 10.1. The monoisotopic (exact) mass is 321 g/mol. The highest BCUT2D eigenvalue weighted by atomic mass is 79.9. The van der Waals surface area contributed by atoms with Crippen LogP contribution in [0.5, 0.6) is 0 Å². The molecule has 0 fully saturated rings. The molecule has 2 N–H and O–H groups in total. The predicted octanol–water partition coefficient (Wildman–Crippen LogP) is 4.41. The summed E-state index contributed by atoms with van der Waals surface area (Å²) in [5, 5.41) is 0. The van der Waals surface area contributed by atoms with Crippen LogP contribution in [0.3, 0.4) is 0 Å². The van der Waals surface area contributed by atoms with E-state index in [-0.39, 0.29) is 0 Å². The molecule has 18 heavy (non-hydrogen) atoms. The molecule has 0 spiro atoms. The van der Waals surface area contributed by atoms with E-state index in [4.69, 9.17) is 5.73 Å². The van der Waals surface area contributed by atoms with E-state index in [9.17, 15) is 0 Å². The minimum absolute atomic E-state index is 0.683. The Labute approximate surface area is 121 Å². The molecule has 2 aromatic carbocycles. The SMILES string of the molecule is Cc1ccccc1Sc1ccc(CCN)c(Br)c1. The number of nitrogens with two attached hydrogens (primary N) is 1. The van der Waals surface area contributed by atoms with Crippen molar-refractivity contribution in [1.29, 1.82) is 0 Å². The van der Waals surface area contributed by atoms with Gasteiger partial charge >= 0.3 is 0 Å². The van der Waals surface area contributed by atoms with E-state index in [0.717, 1.165) is 10.9 Å². The van der Waals surface area contributed by atoms with E-state index in [1.807, 2.05) is 0 Å². The predicted molar refractivity (Wildman–Crippen MR) is 82.2 cm³/mol. The topological polar surface area (TPSA) is 26.0 Å². The fourth-order valence-electron chi connectivity index (χ4n) is 1.75. The lowest BCUT2D eigenvalue weighted by molar-refractivity contribution is 0.960. The third-order valence-corrected chi connectivity index (χ3v) is 4.67. The molecule has 0 atom stereocenters. The summed E-state index contributed by atoms with van der Waals surface area (Å²) in [6.07, 6.45) is 0.913. The molecule has 0 aliphatic heterocycles. The van der Waals surface area contributed by atoms with Crippen molar-refractivity contribution in [2.24, 2.45) is 5.73 Å². The van der Waals surface area contributed by atoms with Crippen LogP contribution in [0.25, 0.3) is 0 Å². The molecule has 0 unspecified atom stereocenters. The van der Waals surface area contributed by atoms with Gasteiger partial charge < -0.3 is 5.73 Å². The van der Waals surface area contributed by atoms with Gasteiger partial charge in [-0.2, -0.15) is 0 Å². The van der Waals surface area contributed by atoms with Crippen molar-refractivity contribution in [3.05, 3.63) is 58.1 Å². The summed E-state index contributed by atoms with van der Waals surface area (Å²) >= 11 is 5.41. The zero-order valence-corrected chi connectivity index (χ0v) is 12.7. The average molecular weight is 322 g/mol. The molecule has 0 amide bonds. The quantitative estimate of drug-likeness (QED) is 0.902. The third-order valence-electron chi connectivity index (χ3n) is 2.76. The van der Waals surface area contributed by atoms with Gasteiger partial charge in [0.25, 0.3) is 0 Å². The van der Waals surface area contributed by atoms with Gasteiger partial charge in [-0.1, -0.05) is 52.0 Å². The standard InChI is InChI=1S/C15H16BrNS/c1-11-4-2-3-5-15(11)18-13-7-6-12(8-9-17)14(16)10-13/h2-7,10H,8-9,17H2,1H3. The van der Waals surface area contributed by atoms with Crippen molar-refractivity contribution in [3.8, 4) is 0 Å². The Bertz CT molecular complexity index is 540. The Balaban J connectivity index is 2.20. The van der Waals surface area contributed by atoms with Crippen LogP contribution in [0.2, 0.25) is 0 Å². The summed E-state index contributed by atoms with van der Waals surface area (Å²) in [4.78, 5) is 2.55. The highest BCUT2D eigenvalue weighted by Crippen LogP contribution is 2.32. The van der Waals surface area contributed by atoms with Crippen LogP contribution >= 0.6 is 27.7 Å². The van der Waals surface area contributed by atoms with Crippen LogP contribution in [-0.2, 0) is 6.42 Å². The maximum atomic E-state index is 5.58. The second-order valence-corrected chi connectivity index (χ2v) is 6.13. The summed E-state index contributed by atoms with van der Waals surface area (Å²) in [6.45, 7) is 2.82. The van der Waals surface area contributed by atoms with Crippen molar-refractivity contribution in [2.75, 3.05) is 6.54 Å². The first kappa shape index (κ1) is 13.7. The fraction of sp³-hybridized carbons (Fsp3) is 0.200. The highest BCUT2D eigenvalue weighted by Gasteiger charge is 2.04. The first-order chi connectivity index (χ1) is 8.70. The normalized spacial score (nSPS) is 10.6.